The van der Waals surface area contributed by atoms with Crippen LogP contribution in [0.5, 0.6) is 5.75 Å². The van der Waals surface area contributed by atoms with Crippen molar-refractivity contribution < 1.29 is 19.4 Å². The standard InChI is InChI=1S/C20H4Cl4I4O5/c21-5-1-3-7(8-9(20(31)32)13(26)15(28)14(27)12(8)25)4-2-6(22)17(30)11(24)19(4)33-18(3)10(23)16(5)29/h1-2,29H,(H,31,32). The van der Waals surface area contributed by atoms with Gasteiger partial charge in [-0.05, 0) is 102 Å². The summed E-state index contributed by atoms with van der Waals surface area (Å²) < 4.78 is 8.64. The van der Waals surface area contributed by atoms with Crippen molar-refractivity contribution in [1.29, 1.82) is 0 Å². The van der Waals surface area contributed by atoms with Crippen molar-refractivity contribution in [1.82, 2.24) is 0 Å². The van der Waals surface area contributed by atoms with Crippen LogP contribution in [0.2, 0.25) is 20.1 Å². The average molecular weight is 974 g/mol. The van der Waals surface area contributed by atoms with Gasteiger partial charge in [0.05, 0.1) is 15.6 Å². The molecule has 170 valence electrons. The van der Waals surface area contributed by atoms with E-state index < -0.39 is 17.1 Å². The molecule has 0 amide bonds. The normalized spacial score (nSPS) is 11.5. The SMILES string of the molecule is O=C(O)c1c(I)c(I)c(I)c(I)c1-c1c2cc(Cl)c(=O)c(Cl)c-2oc2c(Cl)c(O)c(Cl)cc12. The number of halogens is 8. The van der Waals surface area contributed by atoms with Gasteiger partial charge in [-0.25, -0.2) is 4.79 Å². The molecule has 0 fully saturated rings. The lowest BCUT2D eigenvalue weighted by Crippen LogP contribution is -2.11. The van der Waals surface area contributed by atoms with Gasteiger partial charge in [0.2, 0.25) is 5.43 Å². The summed E-state index contributed by atoms with van der Waals surface area (Å²) in [6.45, 7) is 0. The lowest BCUT2D eigenvalue weighted by Gasteiger charge is -2.22. The molecule has 2 N–H and O–H groups in total. The molecule has 0 bridgehead atoms. The number of carboxylic acids is 1. The third kappa shape index (κ3) is 4.23. The zero-order chi connectivity index (χ0) is 24.5. The maximum atomic E-state index is 12.4. The van der Waals surface area contributed by atoms with E-state index in [0.717, 1.165) is 7.14 Å². The van der Waals surface area contributed by atoms with Gasteiger partial charge >= 0.3 is 5.97 Å². The fraction of sp³-hybridized carbons (Fsp3) is 0. The van der Waals surface area contributed by atoms with Crippen LogP contribution in [0.1, 0.15) is 10.4 Å². The second kappa shape index (κ2) is 9.74. The number of rotatable bonds is 2. The number of phenols is 1. The Bertz CT molecular complexity index is 1570. The number of carbonyl (C=O) groups is 1. The van der Waals surface area contributed by atoms with Gasteiger partial charge < -0.3 is 14.6 Å². The average Bonchev–Trinajstić information content (AvgIpc) is 2.76. The molecule has 13 heteroatoms. The third-order valence-electron chi connectivity index (χ3n) is 4.75. The monoisotopic (exact) mass is 971 g/mol. The summed E-state index contributed by atoms with van der Waals surface area (Å²) in [7, 11) is 0. The number of aromatic hydroxyl groups is 1. The Labute approximate surface area is 260 Å². The molecule has 2 aromatic carbocycles. The molecule has 0 saturated carbocycles. The van der Waals surface area contributed by atoms with Gasteiger partial charge in [-0.2, -0.15) is 0 Å². The van der Waals surface area contributed by atoms with Crippen molar-refractivity contribution in [3.8, 4) is 28.2 Å². The molecule has 0 unspecified atom stereocenters. The smallest absolute Gasteiger partial charge is 0.337 e. The van der Waals surface area contributed by atoms with Crippen LogP contribution in [0.15, 0.2) is 21.3 Å². The van der Waals surface area contributed by atoms with E-state index in [9.17, 15) is 19.8 Å². The number of hydrogen-bond donors (Lipinski definition) is 2. The lowest BCUT2D eigenvalue weighted by molar-refractivity contribution is 0.0696. The summed E-state index contributed by atoms with van der Waals surface area (Å²) in [5, 5.41) is 20.0. The lowest BCUT2D eigenvalue weighted by atomic mass is 9.90. The van der Waals surface area contributed by atoms with Crippen LogP contribution in [0.25, 0.3) is 33.4 Å². The molecule has 4 rings (SSSR count). The third-order valence-corrected chi connectivity index (χ3v) is 13.4. The first kappa shape index (κ1) is 26.5. The van der Waals surface area contributed by atoms with Gasteiger partial charge in [0, 0.05) is 36.4 Å². The molecule has 0 spiro atoms. The Morgan fingerprint density at radius 3 is 2.06 bits per heavy atom. The molecule has 1 heterocycles. The minimum absolute atomic E-state index is 0.0135. The summed E-state index contributed by atoms with van der Waals surface area (Å²) in [5.74, 6) is -1.63. The van der Waals surface area contributed by atoms with E-state index in [4.69, 9.17) is 50.8 Å². The van der Waals surface area contributed by atoms with Crippen LogP contribution in [-0.2, 0) is 0 Å². The van der Waals surface area contributed by atoms with Crippen molar-refractivity contribution in [3.63, 3.8) is 0 Å². The number of hydrogen-bond acceptors (Lipinski definition) is 4. The van der Waals surface area contributed by atoms with Crippen LogP contribution in [0.3, 0.4) is 0 Å². The first-order valence-electron chi connectivity index (χ1n) is 8.43. The zero-order valence-corrected chi connectivity index (χ0v) is 27.0. The Kier molecular flexibility index (Phi) is 7.84. The first-order valence-corrected chi connectivity index (χ1v) is 14.3. The van der Waals surface area contributed by atoms with E-state index in [1.54, 1.807) is 0 Å². The van der Waals surface area contributed by atoms with E-state index in [2.05, 4.69) is 67.8 Å². The first-order chi connectivity index (χ1) is 15.4. The molecule has 2 aromatic rings. The topological polar surface area (TPSA) is 87.7 Å². The zero-order valence-electron chi connectivity index (χ0n) is 15.3. The van der Waals surface area contributed by atoms with Gasteiger partial charge in [0.25, 0.3) is 0 Å². The van der Waals surface area contributed by atoms with E-state index >= 15 is 0 Å². The van der Waals surface area contributed by atoms with Gasteiger partial charge in [-0.15, -0.1) is 0 Å². The molecule has 2 aliphatic rings. The van der Waals surface area contributed by atoms with Gasteiger partial charge in [-0.3, -0.25) is 4.79 Å². The summed E-state index contributed by atoms with van der Waals surface area (Å²) in [4.78, 5) is 24.9. The van der Waals surface area contributed by atoms with Crippen molar-refractivity contribution in [2.45, 2.75) is 0 Å². The van der Waals surface area contributed by atoms with Crippen molar-refractivity contribution in [2.75, 3.05) is 0 Å². The number of benzene rings is 3. The molecule has 0 atom stereocenters. The van der Waals surface area contributed by atoms with Crippen molar-refractivity contribution in [2.24, 2.45) is 0 Å². The molecule has 1 aliphatic carbocycles. The summed E-state index contributed by atoms with van der Waals surface area (Å²) in [5.41, 5.74) is 0.370. The highest BCUT2D eigenvalue weighted by Gasteiger charge is 2.32. The Morgan fingerprint density at radius 1 is 0.848 bits per heavy atom. The Balaban J connectivity index is 2.43. The fourth-order valence-electron chi connectivity index (χ4n) is 3.33. The molecule has 33 heavy (non-hydrogen) atoms. The minimum Gasteiger partial charge on any atom is -0.505 e. The largest absolute Gasteiger partial charge is 0.505 e. The molecular formula is C20H4Cl4I4O5. The molecule has 0 saturated heterocycles. The Hall–Kier alpha value is 0.480. The van der Waals surface area contributed by atoms with Crippen LogP contribution in [-0.4, -0.2) is 16.2 Å². The van der Waals surface area contributed by atoms with E-state index in [1.165, 1.54) is 12.1 Å². The van der Waals surface area contributed by atoms with Crippen LogP contribution in [0.4, 0.5) is 0 Å². The van der Waals surface area contributed by atoms with E-state index in [-0.39, 0.29) is 37.0 Å². The maximum absolute atomic E-state index is 12.4. The fourth-order valence-corrected chi connectivity index (χ4v) is 8.01. The van der Waals surface area contributed by atoms with Crippen molar-refractivity contribution >= 4 is 154 Å². The number of carboxylic acid groups (broad SMARTS) is 1. The highest BCUT2D eigenvalue weighted by Crippen LogP contribution is 2.51. The predicted octanol–water partition coefficient (Wildman–Crippen LogP) is 9.00. The minimum atomic E-state index is -1.16. The van der Waals surface area contributed by atoms with Gasteiger partial charge in [-0.1, -0.05) is 46.4 Å². The molecule has 1 aliphatic heterocycles. The molecule has 0 radical (unpaired) electrons. The predicted molar refractivity (Wildman–Crippen MR) is 164 cm³/mol. The van der Waals surface area contributed by atoms with Gasteiger partial charge in [0.1, 0.15) is 10.0 Å². The van der Waals surface area contributed by atoms with Crippen LogP contribution < -0.4 is 5.43 Å². The van der Waals surface area contributed by atoms with Crippen LogP contribution >= 0.6 is 137 Å². The summed E-state index contributed by atoms with van der Waals surface area (Å²) in [6.07, 6.45) is 0. The number of aromatic carboxylic acids is 1. The Morgan fingerprint density at radius 2 is 1.45 bits per heavy atom. The second-order valence-electron chi connectivity index (χ2n) is 6.56. The highest BCUT2D eigenvalue weighted by molar-refractivity contribution is 14.1. The quantitative estimate of drug-likeness (QED) is 0.0908. The molecule has 0 aromatic heterocycles. The number of fused-ring (bicyclic) bond motifs is 2. The summed E-state index contributed by atoms with van der Waals surface area (Å²) >= 11 is 33.3. The second-order valence-corrected chi connectivity index (χ2v) is 12.4. The van der Waals surface area contributed by atoms with Crippen molar-refractivity contribution in [3.05, 3.63) is 62.3 Å². The highest BCUT2D eigenvalue weighted by atomic mass is 127. The number of phenolic OH excluding ortho intramolecular Hbond substituents is 1. The van der Waals surface area contributed by atoms with Gasteiger partial charge in [0.15, 0.2) is 17.1 Å². The van der Waals surface area contributed by atoms with E-state index in [0.29, 0.717) is 29.2 Å². The molecular weight excluding hydrogens is 970 g/mol. The summed E-state index contributed by atoms with van der Waals surface area (Å²) in [6, 6.07) is 2.79. The molecule has 5 nitrogen and oxygen atoms in total. The van der Waals surface area contributed by atoms with Crippen LogP contribution in [0, 0.1) is 14.3 Å². The van der Waals surface area contributed by atoms with E-state index in [1.807, 2.05) is 22.6 Å². The maximum Gasteiger partial charge on any atom is 0.337 e.